The maximum absolute atomic E-state index is 13.8. The third-order valence-corrected chi connectivity index (χ3v) is 8.26. The number of hydrogen-bond donors (Lipinski definition) is 1. The zero-order valence-electron chi connectivity index (χ0n) is 27.3. The van der Waals surface area contributed by atoms with Crippen molar-refractivity contribution in [1.82, 2.24) is 19.4 Å². The van der Waals surface area contributed by atoms with Crippen LogP contribution in [0.5, 0.6) is 0 Å². The first-order valence-electron chi connectivity index (χ1n) is 15.3. The number of thiazole rings is 1. The number of esters is 1. The van der Waals surface area contributed by atoms with Gasteiger partial charge in [0.15, 0.2) is 5.69 Å². The molecule has 4 heterocycles. The second kappa shape index (κ2) is 14.0. The van der Waals surface area contributed by atoms with Gasteiger partial charge in [-0.25, -0.2) is 19.6 Å². The number of hydrogen-bond acceptors (Lipinski definition) is 10. The van der Waals surface area contributed by atoms with Crippen LogP contribution in [0.3, 0.4) is 0 Å². The van der Waals surface area contributed by atoms with Gasteiger partial charge in [-0.05, 0) is 51.5 Å². The topological polar surface area (TPSA) is 142 Å². The fraction of sp³-hybridized carbons (Fsp3) is 0.394. The third kappa shape index (κ3) is 8.08. The second-order valence-corrected chi connectivity index (χ2v) is 13.1. The Hall–Kier alpha value is -4.83. The van der Waals surface area contributed by atoms with Gasteiger partial charge in [-0.1, -0.05) is 6.07 Å². The van der Waals surface area contributed by atoms with Crippen molar-refractivity contribution in [2.75, 3.05) is 31.7 Å². The number of fused-ring (bicyclic) bond motifs is 1. The minimum absolute atomic E-state index is 0.00800. The number of benzene rings is 1. The highest BCUT2D eigenvalue weighted by Gasteiger charge is 2.35. The highest BCUT2D eigenvalue weighted by Crippen LogP contribution is 2.39. The summed E-state index contributed by atoms with van der Waals surface area (Å²) in [4.78, 5) is 61.3. The van der Waals surface area contributed by atoms with Crippen molar-refractivity contribution in [2.24, 2.45) is 0 Å². The van der Waals surface area contributed by atoms with Crippen LogP contribution in [-0.2, 0) is 31.7 Å². The molecule has 1 aromatic carbocycles. The molecule has 0 aliphatic carbocycles. The Morgan fingerprint density at radius 2 is 1.90 bits per heavy atom. The second-order valence-electron chi connectivity index (χ2n) is 12.2. The zero-order valence-corrected chi connectivity index (χ0v) is 28.2. The van der Waals surface area contributed by atoms with Crippen LogP contribution in [0, 0.1) is 0 Å². The fourth-order valence-electron chi connectivity index (χ4n) is 5.30. The number of nitrogens with zero attached hydrogens (tertiary/aromatic N) is 4. The van der Waals surface area contributed by atoms with Crippen LogP contribution < -0.4 is 10.7 Å². The first kappa shape index (κ1) is 35.5. The van der Waals surface area contributed by atoms with E-state index in [2.05, 4.69) is 15.3 Å². The molecule has 3 aromatic heterocycles. The Morgan fingerprint density at radius 3 is 2.55 bits per heavy atom. The van der Waals surface area contributed by atoms with E-state index in [0.29, 0.717) is 23.3 Å². The Labute approximate surface area is 282 Å². The van der Waals surface area contributed by atoms with Crippen LogP contribution >= 0.6 is 11.3 Å². The summed E-state index contributed by atoms with van der Waals surface area (Å²) < 4.78 is 58.6. The molecule has 0 spiro atoms. The number of pyridine rings is 2. The SMILES string of the molecule is CCOC(=O)c1cn(CC2COCCN2C(=O)OC(C)(C)C)c2ccc(-c3cnc(NC(C)=O)cc3-c3nc(C(F)(F)F)cs3)cc2c1=O. The predicted octanol–water partition coefficient (Wildman–Crippen LogP) is 5.98. The Bertz CT molecular complexity index is 1970. The number of carbonyl (C=O) groups excluding carboxylic acids is 3. The maximum Gasteiger partial charge on any atom is 0.434 e. The molecule has 2 amide bonds. The van der Waals surface area contributed by atoms with Crippen LogP contribution in [0.15, 0.2) is 46.8 Å². The van der Waals surface area contributed by atoms with E-state index in [1.165, 1.54) is 31.5 Å². The molecule has 1 fully saturated rings. The summed E-state index contributed by atoms with van der Waals surface area (Å²) in [6.07, 6.45) is -2.46. The minimum atomic E-state index is -4.68. The molecule has 1 unspecified atom stereocenters. The van der Waals surface area contributed by atoms with Gasteiger partial charge in [0.1, 0.15) is 22.0 Å². The van der Waals surface area contributed by atoms with Crippen molar-refractivity contribution in [3.05, 3.63) is 63.5 Å². The molecule has 1 saturated heterocycles. The van der Waals surface area contributed by atoms with E-state index in [0.717, 1.165) is 16.7 Å². The quantitative estimate of drug-likeness (QED) is 0.231. The van der Waals surface area contributed by atoms with Gasteiger partial charge in [-0.2, -0.15) is 13.2 Å². The number of rotatable bonds is 7. The van der Waals surface area contributed by atoms with Gasteiger partial charge in [0.2, 0.25) is 11.3 Å². The fourth-order valence-corrected chi connectivity index (χ4v) is 6.16. The van der Waals surface area contributed by atoms with Crippen LogP contribution in [-0.4, -0.2) is 75.4 Å². The summed E-state index contributed by atoms with van der Waals surface area (Å²) in [5.74, 6) is -1.19. The van der Waals surface area contributed by atoms with E-state index in [1.54, 1.807) is 49.3 Å². The molecule has 12 nitrogen and oxygen atoms in total. The molecule has 1 atom stereocenters. The zero-order chi connectivity index (χ0) is 35.7. The molecule has 0 bridgehead atoms. The van der Waals surface area contributed by atoms with E-state index in [-0.39, 0.29) is 53.6 Å². The van der Waals surface area contributed by atoms with Crippen LogP contribution in [0.25, 0.3) is 32.6 Å². The van der Waals surface area contributed by atoms with E-state index >= 15 is 0 Å². The van der Waals surface area contributed by atoms with Crippen molar-refractivity contribution in [3.8, 4) is 21.7 Å². The van der Waals surface area contributed by atoms with Gasteiger partial charge in [-0.3, -0.25) is 14.5 Å². The van der Waals surface area contributed by atoms with Crippen molar-refractivity contribution in [1.29, 1.82) is 0 Å². The number of anilines is 1. The minimum Gasteiger partial charge on any atom is -0.462 e. The van der Waals surface area contributed by atoms with Crippen molar-refractivity contribution < 1.29 is 41.8 Å². The number of alkyl halides is 3. The molecular formula is C33H34F3N5O7S. The molecule has 49 heavy (non-hydrogen) atoms. The maximum atomic E-state index is 13.8. The molecule has 16 heteroatoms. The molecule has 1 aliphatic heterocycles. The summed E-state index contributed by atoms with van der Waals surface area (Å²) in [5, 5.41) is 3.53. The molecule has 0 saturated carbocycles. The van der Waals surface area contributed by atoms with Crippen LogP contribution in [0.2, 0.25) is 0 Å². The highest BCUT2D eigenvalue weighted by atomic mass is 32.1. The number of halogens is 3. The molecule has 1 aliphatic rings. The average molecular weight is 702 g/mol. The summed E-state index contributed by atoms with van der Waals surface area (Å²) in [5.41, 5.74) is -1.35. The van der Waals surface area contributed by atoms with Crippen LogP contribution in [0.1, 0.15) is 50.7 Å². The van der Waals surface area contributed by atoms with E-state index in [1.807, 2.05) is 0 Å². The standard InChI is InChI=1S/C33H34F3N5O7S/c1-6-47-30(44)24-15-40(14-20-16-46-10-9-41(20)31(45)48-32(3,4)5)25-8-7-19(11-22(25)28(24)43)23-13-37-27(38-18(2)42)12-21(23)29-39-26(17-49-29)33(34,35)36/h7-8,11-13,15,17,20H,6,9-10,14,16H2,1-5H3,(H,37,38,42). The van der Waals surface area contributed by atoms with Crippen molar-refractivity contribution in [2.45, 2.75) is 59.0 Å². The monoisotopic (exact) mass is 701 g/mol. The lowest BCUT2D eigenvalue weighted by atomic mass is 9.99. The predicted molar refractivity (Wildman–Crippen MR) is 175 cm³/mol. The molecular weight excluding hydrogens is 667 g/mol. The Morgan fingerprint density at radius 1 is 1.14 bits per heavy atom. The van der Waals surface area contributed by atoms with Gasteiger partial charge < -0.3 is 24.1 Å². The van der Waals surface area contributed by atoms with Gasteiger partial charge in [0, 0.05) is 54.3 Å². The Kier molecular flexibility index (Phi) is 10.1. The normalized spacial score (nSPS) is 15.3. The molecule has 4 aromatic rings. The van der Waals surface area contributed by atoms with Gasteiger partial charge >= 0.3 is 18.2 Å². The summed E-state index contributed by atoms with van der Waals surface area (Å²) in [6.45, 7) is 9.04. The average Bonchev–Trinajstić information content (AvgIpc) is 3.53. The molecule has 1 N–H and O–H groups in total. The number of nitrogens with one attached hydrogen (secondary N) is 1. The van der Waals surface area contributed by atoms with E-state index < -0.39 is 46.9 Å². The summed E-state index contributed by atoms with van der Waals surface area (Å²) >= 11 is 0.759. The number of morpholine rings is 1. The highest BCUT2D eigenvalue weighted by molar-refractivity contribution is 7.13. The van der Waals surface area contributed by atoms with Crippen molar-refractivity contribution in [3.63, 3.8) is 0 Å². The van der Waals surface area contributed by atoms with E-state index in [4.69, 9.17) is 14.2 Å². The molecule has 0 radical (unpaired) electrons. The number of amides is 2. The lowest BCUT2D eigenvalue weighted by Gasteiger charge is -2.37. The molecule has 5 rings (SSSR count). The first-order valence-corrected chi connectivity index (χ1v) is 16.2. The van der Waals surface area contributed by atoms with E-state index in [9.17, 15) is 32.3 Å². The van der Waals surface area contributed by atoms with Crippen LogP contribution in [0.4, 0.5) is 23.8 Å². The van der Waals surface area contributed by atoms with Gasteiger partial charge in [-0.15, -0.1) is 11.3 Å². The lowest BCUT2D eigenvalue weighted by Crippen LogP contribution is -2.52. The molecule has 260 valence electrons. The summed E-state index contributed by atoms with van der Waals surface area (Å²) in [6, 6.07) is 5.69. The van der Waals surface area contributed by atoms with Gasteiger partial charge in [0.25, 0.3) is 0 Å². The first-order chi connectivity index (χ1) is 23.1. The lowest BCUT2D eigenvalue weighted by molar-refractivity contribution is -0.140. The number of aromatic nitrogens is 3. The van der Waals surface area contributed by atoms with Gasteiger partial charge in [0.05, 0.1) is 31.4 Å². The number of ether oxygens (including phenoxy) is 3. The third-order valence-electron chi connectivity index (χ3n) is 7.38. The largest absolute Gasteiger partial charge is 0.462 e. The Balaban J connectivity index is 1.65. The summed E-state index contributed by atoms with van der Waals surface area (Å²) in [7, 11) is 0. The van der Waals surface area contributed by atoms with Crippen molar-refractivity contribution >= 4 is 46.0 Å². The smallest absolute Gasteiger partial charge is 0.434 e. The number of carbonyl (C=O) groups is 3.